The summed E-state index contributed by atoms with van der Waals surface area (Å²) in [7, 11) is 0. The van der Waals surface area contributed by atoms with Crippen molar-refractivity contribution in [3.8, 4) is 0 Å². The van der Waals surface area contributed by atoms with Gasteiger partial charge in [0.1, 0.15) is 24.4 Å². The molecule has 53 heavy (non-hydrogen) atoms. The molecule has 0 aromatic heterocycles. The normalized spacial score (nSPS) is 21.5. The summed E-state index contributed by atoms with van der Waals surface area (Å²) in [6.07, 6.45) is 31.0. The maximum Gasteiger partial charge on any atom is 0.220 e. The predicted molar refractivity (Wildman–Crippen MR) is 217 cm³/mol. The van der Waals surface area contributed by atoms with E-state index in [9.17, 15) is 30.3 Å². The second-order valence-corrected chi connectivity index (χ2v) is 16.2. The number of hydrogen-bond acceptors (Lipinski definition) is 8. The zero-order valence-electron chi connectivity index (χ0n) is 34.5. The molecular formula is C44H87NO8. The number of carbonyl (C=O) groups excluding carboxylic acids is 1. The van der Waals surface area contributed by atoms with Gasteiger partial charge in [-0.2, -0.15) is 0 Å². The SMILES string of the molecule is CCCCCCCCCCCCCCCCCC(=O)N[C@@H](CO[C@@H]1O[C@H](CO)[C@@H](O)C(O)C1O)[C@H](O)CCCCCCCCCCCCCCCCC. The Labute approximate surface area is 325 Å². The highest BCUT2D eigenvalue weighted by molar-refractivity contribution is 5.76. The van der Waals surface area contributed by atoms with Gasteiger partial charge < -0.3 is 40.3 Å². The molecule has 9 heteroatoms. The minimum atomic E-state index is -1.55. The molecule has 0 saturated carbocycles. The quantitative estimate of drug-likeness (QED) is 0.0342. The standard InChI is InChI=1S/C44H87NO8/c1-3-5-7-9-11-13-15-17-19-21-23-25-27-29-31-33-38(47)37(36-52-44-43(51)42(50)41(49)39(35-46)53-44)45-40(48)34-32-30-28-26-24-22-20-18-16-14-12-10-8-6-4-2/h37-39,41-44,46-47,49-51H,3-36H2,1-2H3,(H,45,48)/t37-,38+,39+,41+,42?,43?,44+/m0/s1. The highest BCUT2D eigenvalue weighted by Crippen LogP contribution is 2.23. The summed E-state index contributed by atoms with van der Waals surface area (Å²) in [5.74, 6) is -0.141. The lowest BCUT2D eigenvalue weighted by atomic mass is 9.99. The summed E-state index contributed by atoms with van der Waals surface area (Å²) in [5, 5.41) is 54.3. The molecule has 0 spiro atoms. The number of unbranched alkanes of at least 4 members (excludes halogenated alkanes) is 28. The molecule has 0 aromatic carbocycles. The smallest absolute Gasteiger partial charge is 0.220 e. The third-order valence-electron chi connectivity index (χ3n) is 11.2. The number of aliphatic hydroxyl groups excluding tert-OH is 5. The average molecular weight is 758 g/mol. The molecule has 7 atom stereocenters. The summed E-state index contributed by atoms with van der Waals surface area (Å²) >= 11 is 0. The topological polar surface area (TPSA) is 149 Å². The van der Waals surface area contributed by atoms with Crippen molar-refractivity contribution in [3.63, 3.8) is 0 Å². The molecule has 316 valence electrons. The first kappa shape index (κ1) is 50.2. The summed E-state index contributed by atoms with van der Waals surface area (Å²) in [6.45, 7) is 3.84. The Balaban J connectivity index is 2.33. The van der Waals surface area contributed by atoms with Gasteiger partial charge in [-0.3, -0.25) is 4.79 Å². The van der Waals surface area contributed by atoms with Crippen LogP contribution in [-0.2, 0) is 14.3 Å². The Kier molecular flexibility index (Phi) is 33.7. The lowest BCUT2D eigenvalue weighted by molar-refractivity contribution is -0.302. The number of amides is 1. The van der Waals surface area contributed by atoms with Gasteiger partial charge in [0.25, 0.3) is 0 Å². The van der Waals surface area contributed by atoms with Crippen molar-refractivity contribution in [2.24, 2.45) is 0 Å². The van der Waals surface area contributed by atoms with Crippen molar-refractivity contribution in [3.05, 3.63) is 0 Å². The van der Waals surface area contributed by atoms with Crippen molar-refractivity contribution >= 4 is 5.91 Å². The van der Waals surface area contributed by atoms with Crippen LogP contribution in [0.5, 0.6) is 0 Å². The van der Waals surface area contributed by atoms with Gasteiger partial charge in [-0.05, 0) is 12.8 Å². The molecule has 6 N–H and O–H groups in total. The lowest BCUT2D eigenvalue weighted by Gasteiger charge is -2.40. The van der Waals surface area contributed by atoms with Crippen LogP contribution in [0.3, 0.4) is 0 Å². The number of aliphatic hydroxyl groups is 5. The van der Waals surface area contributed by atoms with Gasteiger partial charge >= 0.3 is 0 Å². The number of ether oxygens (including phenoxy) is 2. The molecule has 1 rings (SSSR count). The summed E-state index contributed by atoms with van der Waals surface area (Å²) < 4.78 is 11.3. The molecule has 0 radical (unpaired) electrons. The van der Waals surface area contributed by atoms with Gasteiger partial charge in [-0.25, -0.2) is 0 Å². The van der Waals surface area contributed by atoms with Gasteiger partial charge in [0.05, 0.1) is 25.4 Å². The van der Waals surface area contributed by atoms with Gasteiger partial charge in [-0.15, -0.1) is 0 Å². The van der Waals surface area contributed by atoms with Crippen molar-refractivity contribution in [1.82, 2.24) is 5.32 Å². The van der Waals surface area contributed by atoms with Crippen molar-refractivity contribution in [1.29, 1.82) is 0 Å². The van der Waals surface area contributed by atoms with E-state index in [0.29, 0.717) is 12.8 Å². The second kappa shape index (κ2) is 35.6. The first-order chi connectivity index (χ1) is 25.8. The summed E-state index contributed by atoms with van der Waals surface area (Å²) in [4.78, 5) is 12.9. The average Bonchev–Trinajstić information content (AvgIpc) is 3.16. The second-order valence-electron chi connectivity index (χ2n) is 16.2. The zero-order chi connectivity index (χ0) is 38.8. The van der Waals surface area contributed by atoms with Gasteiger partial charge in [0, 0.05) is 6.42 Å². The van der Waals surface area contributed by atoms with E-state index in [1.165, 1.54) is 154 Å². The Hall–Kier alpha value is -0.810. The van der Waals surface area contributed by atoms with Crippen LogP contribution in [0.4, 0.5) is 0 Å². The van der Waals surface area contributed by atoms with Gasteiger partial charge in [0.2, 0.25) is 5.91 Å². The molecule has 1 aliphatic heterocycles. The number of nitrogens with one attached hydrogen (secondary N) is 1. The number of carbonyl (C=O) groups is 1. The summed E-state index contributed by atoms with van der Waals surface area (Å²) in [6, 6.07) is -0.710. The van der Waals surface area contributed by atoms with E-state index < -0.39 is 49.5 Å². The first-order valence-corrected chi connectivity index (χ1v) is 22.7. The van der Waals surface area contributed by atoms with Crippen molar-refractivity contribution < 1.29 is 39.8 Å². The predicted octanol–water partition coefficient (Wildman–Crippen LogP) is 9.17. The fourth-order valence-corrected chi connectivity index (χ4v) is 7.51. The molecule has 1 saturated heterocycles. The first-order valence-electron chi connectivity index (χ1n) is 22.7. The van der Waals surface area contributed by atoms with Crippen LogP contribution >= 0.6 is 0 Å². The molecule has 1 heterocycles. The van der Waals surface area contributed by atoms with Crippen LogP contribution < -0.4 is 5.32 Å². The molecule has 9 nitrogen and oxygen atoms in total. The molecule has 2 unspecified atom stereocenters. The minimum Gasteiger partial charge on any atom is -0.394 e. The highest BCUT2D eigenvalue weighted by Gasteiger charge is 2.44. The van der Waals surface area contributed by atoms with Crippen LogP contribution in [0, 0.1) is 0 Å². The molecule has 1 aliphatic rings. The Bertz CT molecular complexity index is 801. The van der Waals surface area contributed by atoms with Crippen LogP contribution in [0.1, 0.15) is 219 Å². The van der Waals surface area contributed by atoms with Crippen LogP contribution in [-0.4, -0.2) is 87.5 Å². The molecule has 1 fully saturated rings. The van der Waals surface area contributed by atoms with Gasteiger partial charge in [-0.1, -0.05) is 200 Å². The Morgan fingerprint density at radius 2 is 0.943 bits per heavy atom. The fraction of sp³-hybridized carbons (Fsp3) is 0.977. The minimum absolute atomic E-state index is 0.132. The Morgan fingerprint density at radius 1 is 0.566 bits per heavy atom. The van der Waals surface area contributed by atoms with E-state index >= 15 is 0 Å². The third kappa shape index (κ3) is 26.6. The van der Waals surface area contributed by atoms with E-state index in [1.54, 1.807) is 0 Å². The zero-order valence-corrected chi connectivity index (χ0v) is 34.5. The maximum atomic E-state index is 12.9. The fourth-order valence-electron chi connectivity index (χ4n) is 7.51. The largest absolute Gasteiger partial charge is 0.394 e. The lowest BCUT2D eigenvalue weighted by Crippen LogP contribution is -2.60. The monoisotopic (exact) mass is 758 g/mol. The van der Waals surface area contributed by atoms with Crippen LogP contribution in [0.15, 0.2) is 0 Å². The van der Waals surface area contributed by atoms with Crippen molar-refractivity contribution in [2.75, 3.05) is 13.2 Å². The molecule has 0 aromatic rings. The van der Waals surface area contributed by atoms with E-state index in [-0.39, 0.29) is 12.5 Å². The van der Waals surface area contributed by atoms with E-state index in [1.807, 2.05) is 0 Å². The third-order valence-corrected chi connectivity index (χ3v) is 11.2. The molecule has 1 amide bonds. The van der Waals surface area contributed by atoms with Crippen LogP contribution in [0.2, 0.25) is 0 Å². The molecular weight excluding hydrogens is 670 g/mol. The molecule has 0 aliphatic carbocycles. The molecule has 0 bridgehead atoms. The van der Waals surface area contributed by atoms with Crippen molar-refractivity contribution in [2.45, 2.75) is 262 Å². The maximum absolute atomic E-state index is 12.9. The summed E-state index contributed by atoms with van der Waals surface area (Å²) in [5.41, 5.74) is 0. The van der Waals surface area contributed by atoms with E-state index in [2.05, 4.69) is 19.2 Å². The highest BCUT2D eigenvalue weighted by atomic mass is 16.7. The Morgan fingerprint density at radius 3 is 1.34 bits per heavy atom. The number of rotatable bonds is 38. The number of hydrogen-bond donors (Lipinski definition) is 6. The van der Waals surface area contributed by atoms with Crippen LogP contribution in [0.25, 0.3) is 0 Å². The van der Waals surface area contributed by atoms with E-state index in [4.69, 9.17) is 9.47 Å². The van der Waals surface area contributed by atoms with E-state index in [0.717, 1.165) is 38.5 Å². The van der Waals surface area contributed by atoms with Gasteiger partial charge in [0.15, 0.2) is 6.29 Å².